The molecule has 1 amide bonds. The Morgan fingerprint density at radius 3 is 2.64 bits per heavy atom. The first-order chi connectivity index (χ1) is 15.6. The lowest BCUT2D eigenvalue weighted by atomic mass is 9.45. The first-order valence-electron chi connectivity index (χ1n) is 11.0. The lowest BCUT2D eigenvalue weighted by Crippen LogP contribution is -2.58. The number of nitro groups is 1. The number of aromatic nitrogens is 3. The van der Waals surface area contributed by atoms with Crippen molar-refractivity contribution in [3.8, 4) is 0 Å². The minimum Gasteiger partial charge on any atom is -0.374 e. The van der Waals surface area contributed by atoms with Gasteiger partial charge < -0.3 is 20.7 Å². The summed E-state index contributed by atoms with van der Waals surface area (Å²) in [7, 11) is 0. The van der Waals surface area contributed by atoms with E-state index in [1.54, 1.807) is 24.5 Å². The van der Waals surface area contributed by atoms with Gasteiger partial charge in [0.25, 0.3) is 0 Å². The molecule has 10 nitrogen and oxygen atoms in total. The van der Waals surface area contributed by atoms with Crippen LogP contribution in [0.4, 0.5) is 11.5 Å². The SMILES string of the molecule is C[C@H]1[C@H]2C[C@H](C[C@H]1Nc1c([N+](=O)[O-])nn(CC(=O)NCc3ccncc3)c(=O)c1Br)C2(C)C. The highest BCUT2D eigenvalue weighted by molar-refractivity contribution is 9.10. The van der Waals surface area contributed by atoms with Crippen LogP contribution in [0.2, 0.25) is 0 Å². The van der Waals surface area contributed by atoms with E-state index in [9.17, 15) is 19.7 Å². The van der Waals surface area contributed by atoms with Gasteiger partial charge in [-0.2, -0.15) is 0 Å². The highest BCUT2D eigenvalue weighted by Gasteiger charge is 2.56. The third kappa shape index (κ3) is 4.38. The molecule has 4 atom stereocenters. The maximum atomic E-state index is 12.9. The van der Waals surface area contributed by atoms with Crippen molar-refractivity contribution in [2.45, 2.75) is 52.7 Å². The van der Waals surface area contributed by atoms with Crippen molar-refractivity contribution < 1.29 is 9.72 Å². The van der Waals surface area contributed by atoms with Crippen molar-refractivity contribution in [1.29, 1.82) is 0 Å². The van der Waals surface area contributed by atoms with Crippen LogP contribution in [0.15, 0.2) is 33.8 Å². The van der Waals surface area contributed by atoms with E-state index in [4.69, 9.17) is 0 Å². The largest absolute Gasteiger partial charge is 0.413 e. The number of fused-ring (bicyclic) bond motifs is 2. The van der Waals surface area contributed by atoms with Crippen LogP contribution in [0.25, 0.3) is 0 Å². The second-order valence-electron chi connectivity index (χ2n) is 9.57. The first kappa shape index (κ1) is 23.3. The number of carbonyl (C=O) groups is 1. The molecular weight excluding hydrogens is 492 g/mol. The van der Waals surface area contributed by atoms with Crippen molar-refractivity contribution in [1.82, 2.24) is 20.1 Å². The summed E-state index contributed by atoms with van der Waals surface area (Å²) in [6.45, 7) is 6.53. The van der Waals surface area contributed by atoms with Crippen LogP contribution in [0, 0.1) is 33.3 Å². The van der Waals surface area contributed by atoms with Gasteiger partial charge in [0.15, 0.2) is 5.69 Å². The fourth-order valence-electron chi connectivity index (χ4n) is 5.31. The number of carbonyl (C=O) groups excluding carboxylic acids is 1. The molecule has 2 N–H and O–H groups in total. The number of rotatable bonds is 7. The van der Waals surface area contributed by atoms with Gasteiger partial charge in [-0.1, -0.05) is 20.8 Å². The van der Waals surface area contributed by atoms with E-state index in [2.05, 4.69) is 57.4 Å². The highest BCUT2D eigenvalue weighted by Crippen LogP contribution is 2.61. The summed E-state index contributed by atoms with van der Waals surface area (Å²) in [5.41, 5.74) is 0.588. The van der Waals surface area contributed by atoms with E-state index in [-0.39, 0.29) is 28.2 Å². The van der Waals surface area contributed by atoms with Crippen molar-refractivity contribution >= 4 is 33.3 Å². The predicted molar refractivity (Wildman–Crippen MR) is 126 cm³/mol. The number of nitrogens with zero attached hydrogens (tertiary/aromatic N) is 4. The van der Waals surface area contributed by atoms with Crippen molar-refractivity contribution in [3.63, 3.8) is 0 Å². The van der Waals surface area contributed by atoms with Crippen LogP contribution >= 0.6 is 15.9 Å². The Labute approximate surface area is 199 Å². The average Bonchev–Trinajstić information content (AvgIpc) is 2.78. The molecule has 5 rings (SSSR count). The van der Waals surface area contributed by atoms with Gasteiger partial charge in [-0.25, -0.2) is 0 Å². The molecule has 11 heteroatoms. The zero-order chi connectivity index (χ0) is 23.9. The number of hydrogen-bond acceptors (Lipinski definition) is 7. The topological polar surface area (TPSA) is 132 Å². The summed E-state index contributed by atoms with van der Waals surface area (Å²) in [5, 5.41) is 21.6. The predicted octanol–water partition coefficient (Wildman–Crippen LogP) is 3.11. The van der Waals surface area contributed by atoms with Gasteiger partial charge in [0, 0.05) is 25.0 Å². The van der Waals surface area contributed by atoms with E-state index in [0.717, 1.165) is 16.7 Å². The van der Waals surface area contributed by atoms with Gasteiger partial charge in [-0.05, 0) is 74.6 Å². The van der Waals surface area contributed by atoms with Crippen LogP contribution < -0.4 is 16.2 Å². The van der Waals surface area contributed by atoms with E-state index in [0.29, 0.717) is 17.8 Å². The fourth-order valence-corrected chi connectivity index (χ4v) is 5.81. The molecule has 3 saturated carbocycles. The number of amides is 1. The Kier molecular flexibility index (Phi) is 6.26. The molecule has 3 aliphatic carbocycles. The van der Waals surface area contributed by atoms with Crippen LogP contribution in [-0.4, -0.2) is 31.6 Å². The quantitative estimate of drug-likeness (QED) is 0.424. The third-order valence-electron chi connectivity index (χ3n) is 7.47. The zero-order valence-electron chi connectivity index (χ0n) is 18.7. The zero-order valence-corrected chi connectivity index (χ0v) is 20.3. The Morgan fingerprint density at radius 1 is 1.33 bits per heavy atom. The molecule has 0 aliphatic heterocycles. The van der Waals surface area contributed by atoms with Gasteiger partial charge in [0.05, 0.1) is 5.10 Å². The molecule has 33 heavy (non-hydrogen) atoms. The monoisotopic (exact) mass is 518 g/mol. The van der Waals surface area contributed by atoms with Crippen molar-refractivity contribution in [2.24, 2.45) is 23.2 Å². The Bertz CT molecular complexity index is 1140. The average molecular weight is 519 g/mol. The summed E-state index contributed by atoms with van der Waals surface area (Å²) < 4.78 is 0.831. The smallest absolute Gasteiger partial charge is 0.374 e. The van der Waals surface area contributed by atoms with Crippen LogP contribution in [0.5, 0.6) is 0 Å². The van der Waals surface area contributed by atoms with Gasteiger partial charge >= 0.3 is 11.4 Å². The van der Waals surface area contributed by atoms with E-state index in [1.807, 2.05) is 0 Å². The summed E-state index contributed by atoms with van der Waals surface area (Å²) >= 11 is 3.23. The summed E-state index contributed by atoms with van der Waals surface area (Å²) in [4.78, 5) is 40.3. The number of halogens is 1. The standard InChI is InChI=1S/C22H27BrN6O4/c1-12-15-8-14(22(15,2)3)9-16(12)26-19-18(23)21(31)28(27-20(19)29(32)33)11-17(30)25-10-13-4-6-24-7-5-13/h4-7,12,14-16,26H,8-11H2,1-3H3,(H,25,30)/t12-,14+,15+,16+/m0/s1. The lowest BCUT2D eigenvalue weighted by Gasteiger charge is -2.62. The molecule has 2 aromatic rings. The summed E-state index contributed by atoms with van der Waals surface area (Å²) in [6, 6.07) is 3.52. The maximum Gasteiger partial charge on any atom is 0.413 e. The molecule has 3 fully saturated rings. The Hall–Kier alpha value is -2.82. The number of hydrogen-bond donors (Lipinski definition) is 2. The second-order valence-corrected chi connectivity index (χ2v) is 10.4. The fraction of sp³-hybridized carbons (Fsp3) is 0.545. The molecule has 0 aromatic carbocycles. The number of anilines is 1. The second kappa shape index (κ2) is 8.85. The van der Waals surface area contributed by atoms with Crippen LogP contribution in [-0.2, 0) is 17.9 Å². The summed E-state index contributed by atoms with van der Waals surface area (Å²) in [6.07, 6.45) is 5.27. The first-order valence-corrected chi connectivity index (χ1v) is 11.8. The Balaban J connectivity index is 1.52. The highest BCUT2D eigenvalue weighted by atomic mass is 79.9. The van der Waals surface area contributed by atoms with Crippen molar-refractivity contribution in [2.75, 3.05) is 5.32 Å². The van der Waals surface area contributed by atoms with E-state index < -0.39 is 28.8 Å². The molecule has 3 aliphatic rings. The molecule has 2 heterocycles. The molecule has 2 aromatic heterocycles. The molecule has 0 radical (unpaired) electrons. The van der Waals surface area contributed by atoms with Crippen LogP contribution in [0.3, 0.4) is 0 Å². The molecule has 2 bridgehead atoms. The van der Waals surface area contributed by atoms with E-state index in [1.165, 1.54) is 6.42 Å². The van der Waals surface area contributed by atoms with Crippen molar-refractivity contribution in [3.05, 3.63) is 55.0 Å². The molecule has 0 saturated heterocycles. The molecule has 0 unspecified atom stereocenters. The lowest BCUT2D eigenvalue weighted by molar-refractivity contribution is -0.389. The minimum absolute atomic E-state index is 0.0110. The number of pyridine rings is 1. The number of nitrogens with one attached hydrogen (secondary N) is 2. The van der Waals surface area contributed by atoms with E-state index >= 15 is 0 Å². The van der Waals surface area contributed by atoms with Gasteiger partial charge in [0.1, 0.15) is 11.0 Å². The minimum atomic E-state index is -0.629. The third-order valence-corrected chi connectivity index (χ3v) is 8.21. The van der Waals surface area contributed by atoms with Crippen LogP contribution in [0.1, 0.15) is 39.2 Å². The molecule has 176 valence electrons. The Morgan fingerprint density at radius 2 is 2.03 bits per heavy atom. The molecular formula is C22H27BrN6O4. The van der Waals surface area contributed by atoms with Gasteiger partial charge in [0.2, 0.25) is 5.91 Å². The normalized spacial score (nSPS) is 25.1. The van der Waals surface area contributed by atoms with Gasteiger partial charge in [-0.3, -0.25) is 14.6 Å². The van der Waals surface area contributed by atoms with Gasteiger partial charge in [-0.15, -0.1) is 4.68 Å². The summed E-state index contributed by atoms with van der Waals surface area (Å²) in [5.74, 6) is 0.425. The molecule has 0 spiro atoms. The maximum absolute atomic E-state index is 12.9.